The number of likely N-dealkylation sites (N-methyl/N-ethyl adjacent to an activating group) is 2. The number of nitrogens with one attached hydrogen (secondary N) is 2. The van der Waals surface area contributed by atoms with Crippen molar-refractivity contribution in [1.29, 1.82) is 0 Å². The van der Waals surface area contributed by atoms with Gasteiger partial charge in [-0.1, -0.05) is 82.3 Å². The predicted octanol–water partition coefficient (Wildman–Crippen LogP) is 11.0. The molecule has 0 amide bonds. The van der Waals surface area contributed by atoms with Crippen molar-refractivity contribution in [3.63, 3.8) is 0 Å². The van der Waals surface area contributed by atoms with E-state index in [0.717, 1.165) is 55.7 Å². The predicted molar refractivity (Wildman–Crippen MR) is 252 cm³/mol. The summed E-state index contributed by atoms with van der Waals surface area (Å²) in [7, 11) is 6.48. The van der Waals surface area contributed by atoms with Crippen LogP contribution >= 0.6 is 0 Å². The van der Waals surface area contributed by atoms with Crippen LogP contribution < -0.4 is 4.89 Å². The molecule has 0 saturated carbocycles. The highest BCUT2D eigenvalue weighted by Gasteiger charge is 2.13. The second-order valence-corrected chi connectivity index (χ2v) is 15.4. The summed E-state index contributed by atoms with van der Waals surface area (Å²) < 4.78 is 0. The number of rotatable bonds is 17. The summed E-state index contributed by atoms with van der Waals surface area (Å²) in [5, 5.41) is 2.51. The smallest absolute Gasteiger partial charge is 0.175 e. The van der Waals surface area contributed by atoms with Crippen LogP contribution in [-0.2, 0) is 17.7 Å². The van der Waals surface area contributed by atoms with E-state index in [1.54, 1.807) is 6.08 Å². The van der Waals surface area contributed by atoms with E-state index in [4.69, 9.17) is 9.78 Å². The fourth-order valence-electron chi connectivity index (χ4n) is 6.58. The van der Waals surface area contributed by atoms with Crippen molar-refractivity contribution in [3.05, 3.63) is 114 Å². The molecule has 6 rings (SSSR count). The molecule has 1 aliphatic rings. The van der Waals surface area contributed by atoms with Gasteiger partial charge in [-0.15, -0.1) is 6.58 Å². The summed E-state index contributed by atoms with van der Waals surface area (Å²) in [4.78, 5) is 27.2. The molecule has 2 N–H and O–H groups in total. The fourth-order valence-corrected chi connectivity index (χ4v) is 6.58. The molecule has 0 bridgehead atoms. The molecule has 0 aliphatic carbocycles. The SMILES string of the molecule is C=CC.CCCN(C)CC.CCCN(C)CCc1c[nH]c2ccccc12.CCN(C)CCc1c[nH]c2cccc(OOCCN3CCCC3)c12.Cc1ccccc1C. The zero-order valence-electron chi connectivity index (χ0n) is 38.2. The second-order valence-electron chi connectivity index (χ2n) is 15.4. The summed E-state index contributed by atoms with van der Waals surface area (Å²) in [6.45, 7) is 29.0. The van der Waals surface area contributed by atoms with Gasteiger partial charge in [-0.25, -0.2) is 0 Å². The second kappa shape index (κ2) is 30.2. The highest BCUT2D eigenvalue weighted by Crippen LogP contribution is 2.29. The van der Waals surface area contributed by atoms with Crippen LogP contribution in [0, 0.1) is 13.8 Å². The van der Waals surface area contributed by atoms with Gasteiger partial charge in [-0.05, 0) is 160 Å². The van der Waals surface area contributed by atoms with Crippen molar-refractivity contribution < 1.29 is 9.78 Å². The Labute approximate surface area is 353 Å². The van der Waals surface area contributed by atoms with E-state index in [2.05, 4.69) is 166 Å². The van der Waals surface area contributed by atoms with E-state index in [-0.39, 0.29) is 0 Å². The van der Waals surface area contributed by atoms with Gasteiger partial charge in [0.2, 0.25) is 0 Å². The molecule has 58 heavy (non-hydrogen) atoms. The van der Waals surface area contributed by atoms with E-state index in [1.807, 2.05) is 19.1 Å². The van der Waals surface area contributed by atoms with Crippen LogP contribution in [0.15, 0.2) is 91.8 Å². The summed E-state index contributed by atoms with van der Waals surface area (Å²) in [5.41, 5.74) is 7.79. The number of allylic oxidation sites excluding steroid dienone is 1. The number of benzene rings is 3. The van der Waals surface area contributed by atoms with Crippen LogP contribution in [-0.4, -0.2) is 116 Å². The number of para-hydroxylation sites is 1. The van der Waals surface area contributed by atoms with Gasteiger partial charge in [0.15, 0.2) is 5.75 Å². The minimum absolute atomic E-state index is 0.606. The molecule has 0 unspecified atom stereocenters. The highest BCUT2D eigenvalue weighted by atomic mass is 17.2. The molecule has 3 heterocycles. The van der Waals surface area contributed by atoms with Crippen molar-refractivity contribution >= 4 is 21.8 Å². The molecule has 1 fully saturated rings. The molecule has 8 heteroatoms. The van der Waals surface area contributed by atoms with Crippen LogP contribution in [0.1, 0.15) is 82.6 Å². The van der Waals surface area contributed by atoms with Crippen molar-refractivity contribution in [2.45, 2.75) is 87.0 Å². The lowest BCUT2D eigenvalue weighted by molar-refractivity contribution is -0.207. The number of nitrogens with zero attached hydrogens (tertiary/aromatic N) is 4. The number of aryl methyl sites for hydroxylation is 2. The number of likely N-dealkylation sites (tertiary alicyclic amines) is 1. The lowest BCUT2D eigenvalue weighted by Crippen LogP contribution is -2.24. The quantitative estimate of drug-likeness (QED) is 0.0423. The van der Waals surface area contributed by atoms with Gasteiger partial charge < -0.3 is 34.5 Å². The first-order chi connectivity index (χ1) is 28.1. The van der Waals surface area contributed by atoms with Gasteiger partial charge in [0.05, 0.1) is 0 Å². The first kappa shape index (κ1) is 50.2. The molecule has 0 spiro atoms. The molecule has 5 aromatic rings. The van der Waals surface area contributed by atoms with E-state index < -0.39 is 0 Å². The summed E-state index contributed by atoms with van der Waals surface area (Å²) in [6.07, 6.45) is 13.2. The average Bonchev–Trinajstić information content (AvgIpc) is 4.01. The number of H-pyrrole nitrogens is 2. The van der Waals surface area contributed by atoms with E-state index in [9.17, 15) is 0 Å². The minimum atomic E-state index is 0.606. The average molecular weight is 797 g/mol. The first-order valence-electron chi connectivity index (χ1n) is 21.9. The van der Waals surface area contributed by atoms with Crippen LogP contribution in [0.3, 0.4) is 0 Å². The van der Waals surface area contributed by atoms with Crippen molar-refractivity contribution in [2.75, 3.05) is 86.7 Å². The van der Waals surface area contributed by atoms with Crippen LogP contribution in [0.5, 0.6) is 5.75 Å². The van der Waals surface area contributed by atoms with Gasteiger partial charge in [0.25, 0.3) is 0 Å². The molecule has 3 aromatic carbocycles. The van der Waals surface area contributed by atoms with E-state index in [1.165, 1.54) is 91.6 Å². The number of aromatic nitrogens is 2. The third kappa shape index (κ3) is 19.2. The van der Waals surface area contributed by atoms with Gasteiger partial charge in [-0.3, -0.25) is 0 Å². The Morgan fingerprint density at radius 1 is 0.672 bits per heavy atom. The molecule has 8 nitrogen and oxygen atoms in total. The Morgan fingerprint density at radius 3 is 1.79 bits per heavy atom. The Bertz CT molecular complexity index is 1750. The Balaban J connectivity index is 0.000000292. The molecule has 0 atom stereocenters. The van der Waals surface area contributed by atoms with Gasteiger partial charge in [0.1, 0.15) is 6.61 Å². The van der Waals surface area contributed by atoms with Crippen LogP contribution in [0.25, 0.3) is 21.8 Å². The molecular formula is C50H80N6O2. The maximum absolute atomic E-state index is 5.65. The number of fused-ring (bicyclic) bond motifs is 2. The lowest BCUT2D eigenvalue weighted by Gasteiger charge is -2.15. The molecular weight excluding hydrogens is 717 g/mol. The van der Waals surface area contributed by atoms with Gasteiger partial charge in [0, 0.05) is 53.8 Å². The van der Waals surface area contributed by atoms with E-state index >= 15 is 0 Å². The van der Waals surface area contributed by atoms with Crippen molar-refractivity contribution in [1.82, 2.24) is 29.6 Å². The zero-order chi connectivity index (χ0) is 42.5. The molecule has 1 saturated heterocycles. The van der Waals surface area contributed by atoms with Crippen LogP contribution in [0.2, 0.25) is 0 Å². The topological polar surface area (TPSA) is 63.0 Å². The molecule has 322 valence electrons. The molecule has 1 aliphatic heterocycles. The Kier molecular flexibility index (Phi) is 26.1. The molecule has 0 radical (unpaired) electrons. The Hall–Kier alpha value is -3.92. The highest BCUT2D eigenvalue weighted by molar-refractivity contribution is 5.89. The summed E-state index contributed by atoms with van der Waals surface area (Å²) in [6, 6.07) is 22.9. The first-order valence-corrected chi connectivity index (χ1v) is 21.9. The standard InChI is InChI=1S/C19H29N3O2.C14H20N2.C8H10.C6H15N.C3H6/c1-3-21(2)12-9-16-15-20-17-7-6-8-18(19(16)17)24-23-14-13-22-10-4-5-11-22;1-3-9-16(2)10-8-12-11-15-14-7-5-4-6-13(12)14;1-7-5-3-4-6-8(7)2;1-4-6-7(3)5-2;1-3-2/h6-8,15,20H,3-5,9-14H2,1-2H3;4-7,11,15H,3,8-10H2,1-2H3;3-6H,1-2H3;4-6H2,1-3H3;3H,1H2,2H3. The van der Waals surface area contributed by atoms with Gasteiger partial charge >= 0.3 is 0 Å². The van der Waals surface area contributed by atoms with Crippen LogP contribution in [0.4, 0.5) is 0 Å². The minimum Gasteiger partial charge on any atom is -0.361 e. The fraction of sp³-hybridized carbons (Fsp3) is 0.520. The summed E-state index contributed by atoms with van der Waals surface area (Å²) in [5.74, 6) is 0.810. The van der Waals surface area contributed by atoms with Crippen molar-refractivity contribution in [3.8, 4) is 5.75 Å². The lowest BCUT2D eigenvalue weighted by atomic mass is 10.1. The zero-order valence-corrected chi connectivity index (χ0v) is 38.2. The summed E-state index contributed by atoms with van der Waals surface area (Å²) >= 11 is 0. The van der Waals surface area contributed by atoms with E-state index in [0.29, 0.717) is 6.61 Å². The number of hydrogen-bond acceptors (Lipinski definition) is 6. The number of hydrogen-bond donors (Lipinski definition) is 2. The maximum Gasteiger partial charge on any atom is 0.175 e. The maximum atomic E-state index is 5.65. The van der Waals surface area contributed by atoms with Crippen molar-refractivity contribution in [2.24, 2.45) is 0 Å². The van der Waals surface area contributed by atoms with Gasteiger partial charge in [-0.2, -0.15) is 4.89 Å². The third-order valence-electron chi connectivity index (χ3n) is 10.5. The molecule has 2 aromatic heterocycles. The Morgan fingerprint density at radius 2 is 1.19 bits per heavy atom. The largest absolute Gasteiger partial charge is 0.361 e. The monoisotopic (exact) mass is 797 g/mol. The normalized spacial score (nSPS) is 12.4. The number of aromatic amines is 2. The third-order valence-corrected chi connectivity index (χ3v) is 10.5.